The van der Waals surface area contributed by atoms with Crippen molar-refractivity contribution in [2.24, 2.45) is 0 Å². The van der Waals surface area contributed by atoms with E-state index < -0.39 is 0 Å². The van der Waals surface area contributed by atoms with Crippen LogP contribution in [-0.2, 0) is 9.47 Å². The van der Waals surface area contributed by atoms with Gasteiger partial charge in [-0.25, -0.2) is 10.6 Å². The van der Waals surface area contributed by atoms with Gasteiger partial charge in [0.1, 0.15) is 0 Å². The summed E-state index contributed by atoms with van der Waals surface area (Å²) in [6.07, 6.45) is 16.6. The molecule has 6 atom stereocenters. The number of hydrogen-bond acceptors (Lipinski definition) is 4. The summed E-state index contributed by atoms with van der Waals surface area (Å²) in [5.74, 6) is 1.18. The molecule has 0 aromatic rings. The van der Waals surface area contributed by atoms with Crippen LogP contribution in [-0.4, -0.2) is 46.3 Å². The van der Waals surface area contributed by atoms with Crippen molar-refractivity contribution < 1.29 is 26.5 Å². The summed E-state index contributed by atoms with van der Waals surface area (Å²) in [5.41, 5.74) is -0.414. The highest BCUT2D eigenvalue weighted by molar-refractivity contribution is 5.77. The Morgan fingerprint density at radius 2 is 1.78 bits per heavy atom. The Balaban J connectivity index is 0.00000180. The molecule has 5 rings (SSSR count). The van der Waals surface area contributed by atoms with E-state index >= 15 is 0 Å². The Morgan fingerprint density at radius 3 is 2.44 bits per heavy atom. The van der Waals surface area contributed by atoms with Gasteiger partial charge in [0.2, 0.25) is 0 Å². The van der Waals surface area contributed by atoms with Gasteiger partial charge in [0.15, 0.2) is 11.4 Å². The second-order valence-electron chi connectivity index (χ2n) is 9.14. The average molecular weight is 396 g/mol. The van der Waals surface area contributed by atoms with Crippen LogP contribution >= 0.6 is 0 Å². The number of guanidine groups is 1. The fourth-order valence-corrected chi connectivity index (χ4v) is 6.02. The van der Waals surface area contributed by atoms with Crippen LogP contribution < -0.4 is 23.0 Å². The van der Waals surface area contributed by atoms with Gasteiger partial charge in [0, 0.05) is 25.7 Å². The fraction of sp³-hybridized carbons (Fsp3) is 0.857. The lowest BCUT2D eigenvalue weighted by molar-refractivity contribution is -0.603. The quantitative estimate of drug-likeness (QED) is 0.485. The van der Waals surface area contributed by atoms with Gasteiger partial charge in [-0.2, -0.15) is 0 Å². The monoisotopic (exact) mass is 395 g/mol. The van der Waals surface area contributed by atoms with Crippen molar-refractivity contribution in [1.29, 1.82) is 0 Å². The first kappa shape index (κ1) is 19.5. The number of nitrogens with zero attached hydrogens (tertiary/aromatic N) is 1. The molecular formula is C21H34ClN3O2. The molecule has 0 unspecified atom stereocenters. The smallest absolute Gasteiger partial charge is 0.350 e. The number of nitrogens with one attached hydrogen (secondary N) is 2. The third kappa shape index (κ3) is 3.40. The van der Waals surface area contributed by atoms with Gasteiger partial charge in [0.05, 0.1) is 24.3 Å². The van der Waals surface area contributed by atoms with Crippen LogP contribution in [0.2, 0.25) is 0 Å². The molecule has 2 fully saturated rings. The lowest BCUT2D eigenvalue weighted by Gasteiger charge is -2.47. The summed E-state index contributed by atoms with van der Waals surface area (Å²) in [5, 5.41) is 7.69. The van der Waals surface area contributed by atoms with E-state index in [2.05, 4.69) is 41.2 Å². The molecule has 0 amide bonds. The molecule has 152 valence electrons. The van der Waals surface area contributed by atoms with Crippen LogP contribution in [0.5, 0.6) is 0 Å². The summed E-state index contributed by atoms with van der Waals surface area (Å²) in [6.45, 7) is 4.44. The molecule has 2 saturated heterocycles. The molecule has 5 aliphatic heterocycles. The van der Waals surface area contributed by atoms with E-state index in [1.54, 1.807) is 0 Å². The van der Waals surface area contributed by atoms with Crippen LogP contribution in [0.15, 0.2) is 12.2 Å². The van der Waals surface area contributed by atoms with Gasteiger partial charge in [-0.1, -0.05) is 19.1 Å². The molecule has 6 heteroatoms. The molecule has 0 saturated carbocycles. The van der Waals surface area contributed by atoms with Gasteiger partial charge in [-0.15, -0.1) is 0 Å². The van der Waals surface area contributed by atoms with E-state index in [-0.39, 0.29) is 30.0 Å². The molecule has 0 aliphatic carbocycles. The first-order chi connectivity index (χ1) is 12.6. The molecule has 5 nitrogen and oxygen atoms in total. The van der Waals surface area contributed by atoms with Gasteiger partial charge in [-0.3, -0.25) is 4.58 Å². The molecule has 5 heterocycles. The van der Waals surface area contributed by atoms with Crippen LogP contribution in [0.4, 0.5) is 0 Å². The topological polar surface area (TPSA) is 45.5 Å². The van der Waals surface area contributed by atoms with E-state index in [4.69, 9.17) is 9.47 Å². The number of halogens is 1. The number of allylic oxidation sites excluding steroid dienone is 1. The SMILES string of the molecule is CC[C@H]1C=CCC[C@@]2(C[C@@H]3CC[C@@H]4C[C@]5(CCC[C@@H](C)O5)NC(=[N+]43)N2)O1.[Cl-]. The largest absolute Gasteiger partial charge is 1.00 e. The van der Waals surface area contributed by atoms with Crippen molar-refractivity contribution in [3.63, 3.8) is 0 Å². The molecule has 27 heavy (non-hydrogen) atoms. The molecule has 0 radical (unpaired) electrons. The van der Waals surface area contributed by atoms with Gasteiger partial charge < -0.3 is 21.9 Å². The Hall–Kier alpha value is -0.780. The highest BCUT2D eigenvalue weighted by atomic mass is 35.5. The van der Waals surface area contributed by atoms with Crippen LogP contribution in [0.1, 0.15) is 78.1 Å². The van der Waals surface area contributed by atoms with Crippen LogP contribution in [0.25, 0.3) is 0 Å². The highest BCUT2D eigenvalue weighted by Crippen LogP contribution is 2.42. The number of hydrogen-bond donors (Lipinski definition) is 2. The van der Waals surface area contributed by atoms with Gasteiger partial charge in [-0.05, 0) is 45.4 Å². The maximum Gasteiger partial charge on any atom is 0.350 e. The van der Waals surface area contributed by atoms with Crippen molar-refractivity contribution >= 4 is 5.96 Å². The number of ether oxygens (including phenoxy) is 2. The van der Waals surface area contributed by atoms with Gasteiger partial charge >= 0.3 is 5.96 Å². The summed E-state index contributed by atoms with van der Waals surface area (Å²) < 4.78 is 15.8. The first-order valence-electron chi connectivity index (χ1n) is 10.8. The lowest BCUT2D eigenvalue weighted by atomic mass is 9.90. The predicted octanol–water partition coefficient (Wildman–Crippen LogP) is 0.00330. The van der Waals surface area contributed by atoms with E-state index in [1.165, 1.54) is 31.6 Å². The second-order valence-corrected chi connectivity index (χ2v) is 9.14. The zero-order valence-corrected chi connectivity index (χ0v) is 17.4. The molecular weight excluding hydrogens is 362 g/mol. The van der Waals surface area contributed by atoms with E-state index in [9.17, 15) is 0 Å². The normalized spacial score (nSPS) is 45.7. The van der Waals surface area contributed by atoms with Crippen molar-refractivity contribution in [2.45, 2.75) is 114 Å². The fourth-order valence-electron chi connectivity index (χ4n) is 6.02. The zero-order valence-electron chi connectivity index (χ0n) is 16.7. The van der Waals surface area contributed by atoms with Crippen molar-refractivity contribution in [1.82, 2.24) is 10.6 Å². The van der Waals surface area contributed by atoms with Gasteiger partial charge in [0.25, 0.3) is 0 Å². The molecule has 0 aromatic heterocycles. The molecule has 5 aliphatic rings. The third-order valence-corrected chi connectivity index (χ3v) is 7.16. The molecule has 0 aromatic carbocycles. The Morgan fingerprint density at radius 1 is 1.07 bits per heavy atom. The van der Waals surface area contributed by atoms with Crippen molar-refractivity contribution in [3.05, 3.63) is 12.2 Å². The maximum absolute atomic E-state index is 6.66. The average Bonchev–Trinajstić information content (AvgIpc) is 2.89. The summed E-state index contributed by atoms with van der Waals surface area (Å²) in [6, 6.07) is 1.20. The standard InChI is InChI=1S/C21H33N3O2.ClH/c1-3-18-8-4-5-11-21(26-18)14-17-10-9-16-13-20(12-6-7-15(2)25-20)22-19(23-21)24(16)17;/h4,8,15-18H,3,5-7,9-14H2,1-2H3,(H,22,23);1H/t15-,16-,17+,18+,20-,21+;/m1./s1. The highest BCUT2D eigenvalue weighted by Gasteiger charge is 2.57. The summed E-state index contributed by atoms with van der Waals surface area (Å²) in [4.78, 5) is 0. The molecule has 2 N–H and O–H groups in total. The third-order valence-electron chi connectivity index (χ3n) is 7.16. The minimum atomic E-state index is -0.235. The zero-order chi connectivity index (χ0) is 17.8. The summed E-state index contributed by atoms with van der Waals surface area (Å²) in [7, 11) is 0. The van der Waals surface area contributed by atoms with E-state index in [0.29, 0.717) is 18.2 Å². The van der Waals surface area contributed by atoms with E-state index in [1.807, 2.05) is 0 Å². The lowest BCUT2D eigenvalue weighted by Crippen LogP contribution is -3.00. The van der Waals surface area contributed by atoms with Crippen molar-refractivity contribution in [3.8, 4) is 0 Å². The molecule has 2 spiro atoms. The van der Waals surface area contributed by atoms with Crippen LogP contribution in [0.3, 0.4) is 0 Å². The number of rotatable bonds is 1. The molecule has 0 bridgehead atoms. The minimum Gasteiger partial charge on any atom is -1.00 e. The Kier molecular flexibility index (Phi) is 5.23. The minimum absolute atomic E-state index is 0. The van der Waals surface area contributed by atoms with Crippen molar-refractivity contribution in [2.75, 3.05) is 0 Å². The summed E-state index contributed by atoms with van der Waals surface area (Å²) >= 11 is 0. The maximum atomic E-state index is 6.66. The second kappa shape index (κ2) is 7.23. The van der Waals surface area contributed by atoms with Crippen LogP contribution in [0, 0.1) is 0 Å². The Labute approximate surface area is 169 Å². The van der Waals surface area contributed by atoms with E-state index in [0.717, 1.165) is 38.5 Å². The Bertz CT molecular complexity index is 639. The first-order valence-corrected chi connectivity index (χ1v) is 10.8. The predicted molar refractivity (Wildman–Crippen MR) is 101 cm³/mol.